The number of halogens is 1. The molecule has 2 nitrogen and oxygen atoms in total. The van der Waals surface area contributed by atoms with E-state index in [0.29, 0.717) is 6.54 Å². The van der Waals surface area contributed by atoms with Crippen molar-refractivity contribution in [1.82, 2.24) is 4.98 Å². The zero-order valence-corrected chi connectivity index (χ0v) is 11.0. The molecule has 0 fully saturated rings. The summed E-state index contributed by atoms with van der Waals surface area (Å²) >= 11 is 1.51. The fourth-order valence-corrected chi connectivity index (χ4v) is 3.26. The molecule has 1 heterocycles. The molecule has 3 rings (SSSR count). The lowest BCUT2D eigenvalue weighted by Crippen LogP contribution is -2.13. The van der Waals surface area contributed by atoms with E-state index in [1.807, 2.05) is 30.3 Å². The highest BCUT2D eigenvalue weighted by molar-refractivity contribution is 7.18. The molecule has 0 spiro atoms. The van der Waals surface area contributed by atoms with E-state index < -0.39 is 0 Å². The van der Waals surface area contributed by atoms with Crippen molar-refractivity contribution in [2.24, 2.45) is 5.73 Å². The minimum Gasteiger partial charge on any atom is -0.329 e. The average molecular weight is 272 g/mol. The molecule has 0 amide bonds. The van der Waals surface area contributed by atoms with Gasteiger partial charge in [-0.2, -0.15) is 0 Å². The molecule has 0 radical (unpaired) electrons. The van der Waals surface area contributed by atoms with Gasteiger partial charge in [0.25, 0.3) is 0 Å². The lowest BCUT2D eigenvalue weighted by Gasteiger charge is -2.11. The SMILES string of the molecule is NCC(c1ccccc1)c1nc2ccc(F)cc2s1. The molecule has 0 saturated heterocycles. The Kier molecular flexibility index (Phi) is 3.27. The van der Waals surface area contributed by atoms with Gasteiger partial charge in [-0.05, 0) is 23.8 Å². The number of rotatable bonds is 3. The lowest BCUT2D eigenvalue weighted by atomic mass is 10.0. The van der Waals surface area contributed by atoms with Crippen LogP contribution in [0.2, 0.25) is 0 Å². The van der Waals surface area contributed by atoms with E-state index in [0.717, 1.165) is 20.8 Å². The Balaban J connectivity index is 2.07. The van der Waals surface area contributed by atoms with E-state index in [-0.39, 0.29) is 11.7 Å². The predicted molar refractivity (Wildman–Crippen MR) is 76.9 cm³/mol. The second-order valence-corrected chi connectivity index (χ2v) is 5.43. The van der Waals surface area contributed by atoms with E-state index >= 15 is 0 Å². The molecule has 0 saturated carbocycles. The fourth-order valence-electron chi connectivity index (χ4n) is 2.13. The van der Waals surface area contributed by atoms with Gasteiger partial charge in [-0.15, -0.1) is 11.3 Å². The summed E-state index contributed by atoms with van der Waals surface area (Å²) in [5.41, 5.74) is 7.85. The van der Waals surface area contributed by atoms with Crippen molar-refractivity contribution in [3.8, 4) is 0 Å². The molecular weight excluding hydrogens is 259 g/mol. The fraction of sp³-hybridized carbons (Fsp3) is 0.133. The van der Waals surface area contributed by atoms with Gasteiger partial charge in [-0.25, -0.2) is 9.37 Å². The van der Waals surface area contributed by atoms with Crippen LogP contribution in [-0.4, -0.2) is 11.5 Å². The molecule has 0 aliphatic rings. The molecule has 2 aromatic carbocycles. The highest BCUT2D eigenvalue weighted by Crippen LogP contribution is 2.31. The molecular formula is C15H13FN2S. The summed E-state index contributed by atoms with van der Waals surface area (Å²) in [6, 6.07) is 14.7. The van der Waals surface area contributed by atoms with Crippen molar-refractivity contribution >= 4 is 21.6 Å². The van der Waals surface area contributed by atoms with E-state index in [1.165, 1.54) is 23.5 Å². The normalized spacial score (nSPS) is 12.7. The summed E-state index contributed by atoms with van der Waals surface area (Å²) in [5.74, 6) is -0.159. The van der Waals surface area contributed by atoms with Gasteiger partial charge >= 0.3 is 0 Å². The van der Waals surface area contributed by atoms with Gasteiger partial charge in [0.2, 0.25) is 0 Å². The van der Waals surface area contributed by atoms with E-state index in [2.05, 4.69) is 4.98 Å². The van der Waals surface area contributed by atoms with Gasteiger partial charge < -0.3 is 5.73 Å². The van der Waals surface area contributed by atoms with Crippen LogP contribution < -0.4 is 5.73 Å². The highest BCUT2D eigenvalue weighted by atomic mass is 32.1. The van der Waals surface area contributed by atoms with Crippen molar-refractivity contribution in [3.63, 3.8) is 0 Å². The zero-order valence-electron chi connectivity index (χ0n) is 10.2. The minimum atomic E-state index is -0.230. The van der Waals surface area contributed by atoms with Crippen LogP contribution in [0.4, 0.5) is 4.39 Å². The molecule has 1 aromatic heterocycles. The highest BCUT2D eigenvalue weighted by Gasteiger charge is 2.17. The quantitative estimate of drug-likeness (QED) is 0.792. The Labute approximate surface area is 114 Å². The lowest BCUT2D eigenvalue weighted by molar-refractivity contribution is 0.630. The van der Waals surface area contributed by atoms with Gasteiger partial charge in [0.1, 0.15) is 10.8 Å². The molecule has 19 heavy (non-hydrogen) atoms. The first-order chi connectivity index (χ1) is 9.28. The largest absolute Gasteiger partial charge is 0.329 e. The third-order valence-corrected chi connectivity index (χ3v) is 4.23. The van der Waals surface area contributed by atoms with E-state index in [4.69, 9.17) is 5.73 Å². The van der Waals surface area contributed by atoms with Crippen molar-refractivity contribution in [1.29, 1.82) is 0 Å². The van der Waals surface area contributed by atoms with Crippen LogP contribution in [0.15, 0.2) is 48.5 Å². The topological polar surface area (TPSA) is 38.9 Å². The third-order valence-electron chi connectivity index (χ3n) is 3.10. The molecule has 0 aliphatic heterocycles. The van der Waals surface area contributed by atoms with Gasteiger partial charge in [-0.3, -0.25) is 0 Å². The van der Waals surface area contributed by atoms with Crippen molar-refractivity contribution in [2.75, 3.05) is 6.54 Å². The number of benzene rings is 2. The van der Waals surface area contributed by atoms with Crippen LogP contribution in [0.5, 0.6) is 0 Å². The van der Waals surface area contributed by atoms with Crippen molar-refractivity contribution < 1.29 is 4.39 Å². The van der Waals surface area contributed by atoms with Crippen molar-refractivity contribution in [3.05, 3.63) is 64.9 Å². The Morgan fingerprint density at radius 2 is 1.95 bits per heavy atom. The summed E-state index contributed by atoms with van der Waals surface area (Å²) in [4.78, 5) is 4.57. The maximum absolute atomic E-state index is 13.2. The summed E-state index contributed by atoms with van der Waals surface area (Å²) in [5, 5.41) is 0.939. The molecule has 1 atom stereocenters. The molecule has 96 valence electrons. The molecule has 1 unspecified atom stereocenters. The van der Waals surface area contributed by atoms with Gasteiger partial charge in [0.15, 0.2) is 0 Å². The Bertz CT molecular complexity index is 694. The smallest absolute Gasteiger partial charge is 0.124 e. The minimum absolute atomic E-state index is 0.0710. The summed E-state index contributed by atoms with van der Waals surface area (Å²) < 4.78 is 14.1. The van der Waals surface area contributed by atoms with Crippen LogP contribution in [0.3, 0.4) is 0 Å². The summed E-state index contributed by atoms with van der Waals surface area (Å²) in [6.07, 6.45) is 0. The van der Waals surface area contributed by atoms with Gasteiger partial charge in [0.05, 0.1) is 10.2 Å². The second-order valence-electron chi connectivity index (χ2n) is 4.36. The number of thiazole rings is 1. The maximum atomic E-state index is 13.2. The van der Waals surface area contributed by atoms with Crippen LogP contribution in [0.1, 0.15) is 16.5 Å². The number of hydrogen-bond acceptors (Lipinski definition) is 3. The standard InChI is InChI=1S/C15H13FN2S/c16-11-6-7-13-14(8-11)19-15(18-13)12(9-17)10-4-2-1-3-5-10/h1-8,12H,9,17H2. The Morgan fingerprint density at radius 1 is 1.16 bits per heavy atom. The molecule has 4 heteroatoms. The van der Waals surface area contributed by atoms with Gasteiger partial charge in [0, 0.05) is 12.5 Å². The van der Waals surface area contributed by atoms with Crippen LogP contribution in [0.25, 0.3) is 10.2 Å². The monoisotopic (exact) mass is 272 g/mol. The van der Waals surface area contributed by atoms with E-state index in [9.17, 15) is 4.39 Å². The summed E-state index contributed by atoms with van der Waals surface area (Å²) in [7, 11) is 0. The van der Waals surface area contributed by atoms with Crippen LogP contribution >= 0.6 is 11.3 Å². The second kappa shape index (κ2) is 5.07. The summed E-state index contributed by atoms with van der Waals surface area (Å²) in [6.45, 7) is 0.492. The Morgan fingerprint density at radius 3 is 2.68 bits per heavy atom. The Hall–Kier alpha value is -1.78. The first-order valence-corrected chi connectivity index (χ1v) is 6.90. The molecule has 0 bridgehead atoms. The molecule has 3 aromatic rings. The first kappa shape index (κ1) is 12.3. The number of nitrogens with zero attached hydrogens (tertiary/aromatic N) is 1. The first-order valence-electron chi connectivity index (χ1n) is 6.09. The number of aromatic nitrogens is 1. The predicted octanol–water partition coefficient (Wildman–Crippen LogP) is 3.53. The van der Waals surface area contributed by atoms with Gasteiger partial charge in [-0.1, -0.05) is 30.3 Å². The number of hydrogen-bond donors (Lipinski definition) is 1. The zero-order chi connectivity index (χ0) is 13.2. The number of fused-ring (bicyclic) bond motifs is 1. The number of nitrogens with two attached hydrogens (primary N) is 1. The van der Waals surface area contributed by atoms with Crippen LogP contribution in [-0.2, 0) is 0 Å². The maximum Gasteiger partial charge on any atom is 0.124 e. The van der Waals surface area contributed by atoms with E-state index in [1.54, 1.807) is 6.07 Å². The molecule has 2 N–H and O–H groups in total. The third kappa shape index (κ3) is 2.37. The average Bonchev–Trinajstić information content (AvgIpc) is 2.83. The van der Waals surface area contributed by atoms with Crippen molar-refractivity contribution in [2.45, 2.75) is 5.92 Å². The van der Waals surface area contributed by atoms with Crippen LogP contribution in [0, 0.1) is 5.82 Å². The molecule has 0 aliphatic carbocycles.